The van der Waals surface area contributed by atoms with E-state index in [9.17, 15) is 4.79 Å². The molecule has 0 spiro atoms. The Bertz CT molecular complexity index is 470. The van der Waals surface area contributed by atoms with Gasteiger partial charge in [-0.1, -0.05) is 39.0 Å². The summed E-state index contributed by atoms with van der Waals surface area (Å²) in [5, 5.41) is 2.95. The third-order valence-electron chi connectivity index (χ3n) is 4.27. The van der Waals surface area contributed by atoms with E-state index < -0.39 is 0 Å². The Hall–Kier alpha value is -1.62. The van der Waals surface area contributed by atoms with Crippen molar-refractivity contribution in [3.05, 3.63) is 23.9 Å². The molecule has 1 aromatic heterocycles. The second-order valence-electron chi connectivity index (χ2n) is 6.34. The van der Waals surface area contributed by atoms with Crippen LogP contribution in [0, 0.1) is 0 Å². The van der Waals surface area contributed by atoms with Gasteiger partial charge in [-0.05, 0) is 12.5 Å². The minimum absolute atomic E-state index is 0.0614. The predicted octanol–water partition coefficient (Wildman–Crippen LogP) is 3.73. The summed E-state index contributed by atoms with van der Waals surface area (Å²) in [6.45, 7) is 4.42. The van der Waals surface area contributed by atoms with Gasteiger partial charge >= 0.3 is 0 Å². The summed E-state index contributed by atoms with van der Waals surface area (Å²) in [6.07, 6.45) is 10.9. The number of nitrogens with zero attached hydrogens (tertiary/aromatic N) is 1. The van der Waals surface area contributed by atoms with Crippen molar-refractivity contribution in [1.29, 1.82) is 0 Å². The van der Waals surface area contributed by atoms with Crippen LogP contribution in [0.5, 0.6) is 5.88 Å². The van der Waals surface area contributed by atoms with Crippen LogP contribution in [-0.4, -0.2) is 36.8 Å². The van der Waals surface area contributed by atoms with Crippen LogP contribution in [0.4, 0.5) is 0 Å². The summed E-state index contributed by atoms with van der Waals surface area (Å²) < 4.78 is 11.1. The van der Waals surface area contributed by atoms with Gasteiger partial charge in [0.05, 0.1) is 18.8 Å². The normalized spacial score (nSPS) is 15.2. The van der Waals surface area contributed by atoms with Gasteiger partial charge in [0, 0.05) is 31.6 Å². The highest BCUT2D eigenvalue weighted by atomic mass is 16.5. The van der Waals surface area contributed by atoms with Gasteiger partial charge in [0.2, 0.25) is 5.88 Å². The number of carbonyl (C=O) groups excluding carboxylic acids is 1. The quantitative estimate of drug-likeness (QED) is 0.662. The van der Waals surface area contributed by atoms with Crippen LogP contribution in [0.15, 0.2) is 18.3 Å². The number of nitrogens with one attached hydrogen (secondary N) is 1. The number of amides is 1. The standard InChI is InChI=1S/C19H30N2O3/c1-2-3-4-5-6-7-12-20-19(22)16-8-9-18(21-15-16)24-17-10-13-23-14-11-17/h8-9,15,17H,2-7,10-14H2,1H3,(H,20,22). The fraction of sp³-hybridized carbons (Fsp3) is 0.684. The van der Waals surface area contributed by atoms with Crippen LogP contribution in [0.3, 0.4) is 0 Å². The summed E-state index contributed by atoms with van der Waals surface area (Å²) >= 11 is 0. The molecule has 1 amide bonds. The maximum atomic E-state index is 12.1. The van der Waals surface area contributed by atoms with Crippen LogP contribution in [-0.2, 0) is 4.74 Å². The molecule has 0 unspecified atom stereocenters. The summed E-state index contributed by atoms with van der Waals surface area (Å²) in [4.78, 5) is 16.3. The molecule has 1 fully saturated rings. The summed E-state index contributed by atoms with van der Waals surface area (Å²) in [5.74, 6) is 0.517. The van der Waals surface area contributed by atoms with Crippen molar-refractivity contribution >= 4 is 5.91 Å². The number of carbonyl (C=O) groups is 1. The van der Waals surface area contributed by atoms with E-state index in [1.807, 2.05) is 0 Å². The van der Waals surface area contributed by atoms with Gasteiger partial charge in [0.15, 0.2) is 0 Å². The second-order valence-corrected chi connectivity index (χ2v) is 6.34. The van der Waals surface area contributed by atoms with Gasteiger partial charge in [-0.25, -0.2) is 4.98 Å². The van der Waals surface area contributed by atoms with Gasteiger partial charge in [0.25, 0.3) is 5.91 Å². The Morgan fingerprint density at radius 3 is 2.67 bits per heavy atom. The van der Waals surface area contributed by atoms with Crippen LogP contribution >= 0.6 is 0 Å². The largest absolute Gasteiger partial charge is 0.474 e. The molecule has 0 radical (unpaired) electrons. The summed E-state index contributed by atoms with van der Waals surface area (Å²) in [5.41, 5.74) is 0.584. The van der Waals surface area contributed by atoms with E-state index in [1.54, 1.807) is 18.3 Å². The van der Waals surface area contributed by atoms with E-state index >= 15 is 0 Å². The predicted molar refractivity (Wildman–Crippen MR) is 94.4 cm³/mol. The molecular weight excluding hydrogens is 304 g/mol. The third-order valence-corrected chi connectivity index (χ3v) is 4.27. The smallest absolute Gasteiger partial charge is 0.252 e. The Kier molecular flexibility index (Phi) is 8.60. The van der Waals surface area contributed by atoms with Crippen molar-refractivity contribution in [1.82, 2.24) is 10.3 Å². The van der Waals surface area contributed by atoms with Gasteiger partial charge < -0.3 is 14.8 Å². The molecule has 0 aliphatic carbocycles. The summed E-state index contributed by atoms with van der Waals surface area (Å²) in [6, 6.07) is 3.55. The molecule has 1 aliphatic heterocycles. The van der Waals surface area contributed by atoms with E-state index in [2.05, 4.69) is 17.2 Å². The molecular formula is C19H30N2O3. The van der Waals surface area contributed by atoms with Gasteiger partial charge in [-0.15, -0.1) is 0 Å². The van der Waals surface area contributed by atoms with Crippen LogP contribution in [0.25, 0.3) is 0 Å². The van der Waals surface area contributed by atoms with Gasteiger partial charge in [-0.2, -0.15) is 0 Å². The van der Waals surface area contributed by atoms with Crippen LogP contribution < -0.4 is 10.1 Å². The zero-order valence-corrected chi connectivity index (χ0v) is 14.8. The van der Waals surface area contributed by atoms with E-state index in [-0.39, 0.29) is 12.0 Å². The zero-order valence-electron chi connectivity index (χ0n) is 14.8. The SMILES string of the molecule is CCCCCCCCNC(=O)c1ccc(OC2CCOCC2)nc1. The van der Waals surface area contributed by atoms with Crippen molar-refractivity contribution in [2.45, 2.75) is 64.4 Å². The Morgan fingerprint density at radius 1 is 1.21 bits per heavy atom. The first-order valence-electron chi connectivity index (χ1n) is 9.28. The lowest BCUT2D eigenvalue weighted by molar-refractivity contribution is 0.0237. The molecule has 1 saturated heterocycles. The number of aromatic nitrogens is 1. The lowest BCUT2D eigenvalue weighted by atomic mass is 10.1. The average molecular weight is 334 g/mol. The van der Waals surface area contributed by atoms with Crippen molar-refractivity contribution in [3.63, 3.8) is 0 Å². The summed E-state index contributed by atoms with van der Waals surface area (Å²) in [7, 11) is 0. The van der Waals surface area contributed by atoms with Gasteiger partial charge in [0.1, 0.15) is 6.10 Å². The molecule has 1 N–H and O–H groups in total. The number of rotatable bonds is 10. The Balaban J connectivity index is 1.65. The number of unbranched alkanes of at least 4 members (excludes halogenated alkanes) is 5. The first-order chi connectivity index (χ1) is 11.8. The molecule has 0 atom stereocenters. The van der Waals surface area contributed by atoms with Crippen LogP contribution in [0.2, 0.25) is 0 Å². The van der Waals surface area contributed by atoms with Gasteiger partial charge in [-0.3, -0.25) is 4.79 Å². The number of hydrogen-bond donors (Lipinski definition) is 1. The number of ether oxygens (including phenoxy) is 2. The van der Waals surface area contributed by atoms with E-state index in [4.69, 9.17) is 9.47 Å². The fourth-order valence-electron chi connectivity index (χ4n) is 2.76. The lowest BCUT2D eigenvalue weighted by Crippen LogP contribution is -2.26. The van der Waals surface area contributed by atoms with Crippen LogP contribution in [0.1, 0.15) is 68.6 Å². The molecule has 2 rings (SSSR count). The Morgan fingerprint density at radius 2 is 1.96 bits per heavy atom. The molecule has 5 nitrogen and oxygen atoms in total. The van der Waals surface area contributed by atoms with Crippen molar-refractivity contribution in [2.24, 2.45) is 0 Å². The average Bonchev–Trinajstić information content (AvgIpc) is 2.62. The molecule has 24 heavy (non-hydrogen) atoms. The van der Waals surface area contributed by atoms with Crippen molar-refractivity contribution in [2.75, 3.05) is 19.8 Å². The highest BCUT2D eigenvalue weighted by molar-refractivity contribution is 5.93. The van der Waals surface area contributed by atoms with E-state index in [0.717, 1.165) is 39.0 Å². The molecule has 1 aromatic rings. The molecule has 0 bridgehead atoms. The Labute approximate surface area is 145 Å². The van der Waals surface area contributed by atoms with E-state index in [0.29, 0.717) is 11.4 Å². The van der Waals surface area contributed by atoms with Crippen molar-refractivity contribution < 1.29 is 14.3 Å². The minimum Gasteiger partial charge on any atom is -0.474 e. The monoisotopic (exact) mass is 334 g/mol. The minimum atomic E-state index is -0.0614. The second kappa shape index (κ2) is 11.0. The molecule has 5 heteroatoms. The number of hydrogen-bond acceptors (Lipinski definition) is 4. The maximum Gasteiger partial charge on any atom is 0.252 e. The molecule has 0 saturated carbocycles. The zero-order chi connectivity index (χ0) is 17.0. The maximum absolute atomic E-state index is 12.1. The highest BCUT2D eigenvalue weighted by Gasteiger charge is 2.16. The first kappa shape index (κ1) is 18.7. The topological polar surface area (TPSA) is 60.5 Å². The lowest BCUT2D eigenvalue weighted by Gasteiger charge is -2.22. The molecule has 2 heterocycles. The van der Waals surface area contributed by atoms with E-state index in [1.165, 1.54) is 32.1 Å². The molecule has 134 valence electrons. The fourth-order valence-corrected chi connectivity index (χ4v) is 2.76. The third kappa shape index (κ3) is 6.87. The van der Waals surface area contributed by atoms with Crippen molar-refractivity contribution in [3.8, 4) is 5.88 Å². The number of pyridine rings is 1. The molecule has 1 aliphatic rings. The molecule has 0 aromatic carbocycles. The highest BCUT2D eigenvalue weighted by Crippen LogP contribution is 2.16. The first-order valence-corrected chi connectivity index (χ1v) is 9.28.